The Labute approximate surface area is 159 Å². The summed E-state index contributed by atoms with van der Waals surface area (Å²) in [4.78, 5) is 18.9. The van der Waals surface area contributed by atoms with Crippen molar-refractivity contribution in [3.63, 3.8) is 0 Å². The SMILES string of the molecule is N#Cc1c(CN2CCN(CC(=O)N3CCOCC3)CC2)cn2ccccc12. The van der Waals surface area contributed by atoms with Gasteiger partial charge in [-0.05, 0) is 12.1 Å². The van der Waals surface area contributed by atoms with Gasteiger partial charge in [0.25, 0.3) is 0 Å². The molecule has 0 N–H and O–H groups in total. The van der Waals surface area contributed by atoms with Gasteiger partial charge in [0.05, 0.1) is 30.8 Å². The maximum absolute atomic E-state index is 12.4. The standard InChI is InChI=1S/C20H25N5O2/c21-13-18-17(15-25-4-2-1-3-19(18)25)14-22-5-7-23(8-6-22)16-20(26)24-9-11-27-12-10-24/h1-4,15H,5-12,14,16H2. The molecule has 142 valence electrons. The lowest BCUT2D eigenvalue weighted by molar-refractivity contribution is -0.136. The van der Waals surface area contributed by atoms with E-state index in [1.807, 2.05) is 33.7 Å². The molecule has 0 atom stereocenters. The number of rotatable bonds is 4. The Balaban J connectivity index is 1.32. The third kappa shape index (κ3) is 3.98. The molecular formula is C20H25N5O2. The zero-order valence-corrected chi connectivity index (χ0v) is 15.5. The summed E-state index contributed by atoms with van der Waals surface area (Å²) in [5, 5.41) is 9.56. The molecule has 2 aromatic rings. The van der Waals surface area contributed by atoms with E-state index in [1.54, 1.807) is 0 Å². The molecule has 0 radical (unpaired) electrons. The molecule has 2 aliphatic rings. The number of nitriles is 1. The number of carbonyl (C=O) groups is 1. The van der Waals surface area contributed by atoms with E-state index in [9.17, 15) is 10.1 Å². The minimum Gasteiger partial charge on any atom is -0.378 e. The van der Waals surface area contributed by atoms with E-state index in [1.165, 1.54) is 0 Å². The van der Waals surface area contributed by atoms with E-state index < -0.39 is 0 Å². The fraction of sp³-hybridized carbons (Fsp3) is 0.500. The van der Waals surface area contributed by atoms with Gasteiger partial charge in [0.15, 0.2) is 0 Å². The second-order valence-corrected chi connectivity index (χ2v) is 7.18. The zero-order chi connectivity index (χ0) is 18.6. The Bertz CT molecular complexity index is 842. The third-order valence-corrected chi connectivity index (χ3v) is 5.46. The van der Waals surface area contributed by atoms with Gasteiger partial charge >= 0.3 is 0 Å². The van der Waals surface area contributed by atoms with Gasteiger partial charge in [-0.3, -0.25) is 14.6 Å². The van der Waals surface area contributed by atoms with Crippen molar-refractivity contribution in [2.75, 3.05) is 59.0 Å². The maximum Gasteiger partial charge on any atom is 0.236 e. The van der Waals surface area contributed by atoms with Crippen molar-refractivity contribution in [2.45, 2.75) is 6.54 Å². The summed E-state index contributed by atoms with van der Waals surface area (Å²) in [6.07, 6.45) is 4.04. The summed E-state index contributed by atoms with van der Waals surface area (Å²) < 4.78 is 7.33. The average molecular weight is 367 g/mol. The van der Waals surface area contributed by atoms with Crippen LogP contribution < -0.4 is 0 Å². The molecule has 7 heteroatoms. The molecule has 2 saturated heterocycles. The van der Waals surface area contributed by atoms with Crippen molar-refractivity contribution in [3.8, 4) is 6.07 Å². The molecule has 2 aromatic heterocycles. The van der Waals surface area contributed by atoms with Crippen LogP contribution in [0.4, 0.5) is 0 Å². The number of amides is 1. The number of fused-ring (bicyclic) bond motifs is 1. The van der Waals surface area contributed by atoms with Crippen LogP contribution in [0.2, 0.25) is 0 Å². The van der Waals surface area contributed by atoms with Gasteiger partial charge < -0.3 is 14.0 Å². The van der Waals surface area contributed by atoms with E-state index in [0.29, 0.717) is 32.8 Å². The van der Waals surface area contributed by atoms with Gasteiger partial charge in [0, 0.05) is 63.8 Å². The molecular weight excluding hydrogens is 342 g/mol. The highest BCUT2D eigenvalue weighted by Gasteiger charge is 2.23. The van der Waals surface area contributed by atoms with E-state index in [4.69, 9.17) is 4.74 Å². The average Bonchev–Trinajstić information content (AvgIpc) is 3.07. The predicted molar refractivity (Wildman–Crippen MR) is 101 cm³/mol. The van der Waals surface area contributed by atoms with E-state index in [2.05, 4.69) is 22.1 Å². The summed E-state index contributed by atoms with van der Waals surface area (Å²) in [5.74, 6) is 0.206. The monoisotopic (exact) mass is 367 g/mol. The predicted octanol–water partition coefficient (Wildman–Crippen LogP) is 0.787. The number of ether oxygens (including phenoxy) is 1. The number of nitrogens with zero attached hydrogens (tertiary/aromatic N) is 5. The highest BCUT2D eigenvalue weighted by Crippen LogP contribution is 2.20. The fourth-order valence-corrected chi connectivity index (χ4v) is 3.88. The molecule has 1 amide bonds. The number of piperazine rings is 1. The van der Waals surface area contributed by atoms with Crippen LogP contribution in [0.3, 0.4) is 0 Å². The van der Waals surface area contributed by atoms with Crippen molar-refractivity contribution in [1.82, 2.24) is 19.1 Å². The number of carbonyl (C=O) groups excluding carboxylic acids is 1. The molecule has 0 aliphatic carbocycles. The summed E-state index contributed by atoms with van der Waals surface area (Å²) in [5.41, 5.74) is 2.80. The number of hydrogen-bond acceptors (Lipinski definition) is 5. The van der Waals surface area contributed by atoms with Crippen LogP contribution in [0, 0.1) is 11.3 Å². The highest BCUT2D eigenvalue weighted by atomic mass is 16.5. The quantitative estimate of drug-likeness (QED) is 0.799. The van der Waals surface area contributed by atoms with Gasteiger partial charge in [-0.2, -0.15) is 5.26 Å². The van der Waals surface area contributed by atoms with E-state index in [0.717, 1.165) is 49.4 Å². The van der Waals surface area contributed by atoms with Crippen molar-refractivity contribution in [1.29, 1.82) is 5.26 Å². The van der Waals surface area contributed by atoms with Gasteiger partial charge in [-0.1, -0.05) is 6.07 Å². The molecule has 4 rings (SSSR count). The minimum atomic E-state index is 0.206. The maximum atomic E-state index is 12.4. The first-order valence-corrected chi connectivity index (χ1v) is 9.53. The summed E-state index contributed by atoms with van der Waals surface area (Å²) in [7, 11) is 0. The number of morpholine rings is 1. The lowest BCUT2D eigenvalue weighted by Gasteiger charge is -2.36. The van der Waals surface area contributed by atoms with E-state index >= 15 is 0 Å². The topological polar surface area (TPSA) is 64.2 Å². The molecule has 0 bridgehead atoms. The van der Waals surface area contributed by atoms with Gasteiger partial charge in [0.2, 0.25) is 5.91 Å². The smallest absolute Gasteiger partial charge is 0.236 e. The van der Waals surface area contributed by atoms with Crippen LogP contribution in [0.5, 0.6) is 0 Å². The summed E-state index contributed by atoms with van der Waals surface area (Å²) in [6, 6.07) is 8.28. The molecule has 0 spiro atoms. The third-order valence-electron chi connectivity index (χ3n) is 5.46. The molecule has 0 aromatic carbocycles. The number of aromatic nitrogens is 1. The van der Waals surface area contributed by atoms with Crippen molar-refractivity contribution >= 4 is 11.4 Å². The van der Waals surface area contributed by atoms with Crippen molar-refractivity contribution < 1.29 is 9.53 Å². The second kappa shape index (κ2) is 8.09. The lowest BCUT2D eigenvalue weighted by atomic mass is 10.1. The number of pyridine rings is 1. The molecule has 27 heavy (non-hydrogen) atoms. The van der Waals surface area contributed by atoms with Crippen molar-refractivity contribution in [2.24, 2.45) is 0 Å². The molecule has 4 heterocycles. The first kappa shape index (κ1) is 18.0. The Morgan fingerprint density at radius 1 is 1.07 bits per heavy atom. The Kier molecular flexibility index (Phi) is 5.39. The van der Waals surface area contributed by atoms with Gasteiger partial charge in [-0.15, -0.1) is 0 Å². The zero-order valence-electron chi connectivity index (χ0n) is 15.5. The molecule has 7 nitrogen and oxygen atoms in total. The minimum absolute atomic E-state index is 0.206. The van der Waals surface area contributed by atoms with Crippen LogP contribution in [-0.2, 0) is 16.1 Å². The summed E-state index contributed by atoms with van der Waals surface area (Å²) >= 11 is 0. The molecule has 2 aliphatic heterocycles. The van der Waals surface area contributed by atoms with E-state index in [-0.39, 0.29) is 5.91 Å². The van der Waals surface area contributed by atoms with Gasteiger partial charge in [-0.25, -0.2) is 0 Å². The van der Waals surface area contributed by atoms with Crippen LogP contribution in [0.15, 0.2) is 30.6 Å². The Hall–Kier alpha value is -2.40. The first-order chi connectivity index (χ1) is 13.2. The lowest BCUT2D eigenvalue weighted by Crippen LogP contribution is -2.51. The van der Waals surface area contributed by atoms with Gasteiger partial charge in [0.1, 0.15) is 6.07 Å². The fourth-order valence-electron chi connectivity index (χ4n) is 3.88. The normalized spacial score (nSPS) is 19.3. The molecule has 2 fully saturated rings. The summed E-state index contributed by atoms with van der Waals surface area (Å²) in [6.45, 7) is 7.55. The second-order valence-electron chi connectivity index (χ2n) is 7.18. The molecule has 0 saturated carbocycles. The molecule has 0 unspecified atom stereocenters. The van der Waals surface area contributed by atoms with Crippen LogP contribution in [0.25, 0.3) is 5.52 Å². The first-order valence-electron chi connectivity index (χ1n) is 9.53. The van der Waals surface area contributed by atoms with Crippen LogP contribution >= 0.6 is 0 Å². The largest absolute Gasteiger partial charge is 0.378 e. The Morgan fingerprint density at radius 2 is 1.81 bits per heavy atom. The van der Waals surface area contributed by atoms with Crippen LogP contribution in [-0.4, -0.2) is 84.0 Å². The number of hydrogen-bond donors (Lipinski definition) is 0. The highest BCUT2D eigenvalue weighted by molar-refractivity contribution is 5.78. The van der Waals surface area contributed by atoms with Crippen molar-refractivity contribution in [3.05, 3.63) is 41.7 Å². The van der Waals surface area contributed by atoms with Crippen LogP contribution in [0.1, 0.15) is 11.1 Å². The Morgan fingerprint density at radius 3 is 2.56 bits per heavy atom.